The summed E-state index contributed by atoms with van der Waals surface area (Å²) in [4.78, 5) is 2.31. The van der Waals surface area contributed by atoms with Gasteiger partial charge in [0.25, 0.3) is 0 Å². The van der Waals surface area contributed by atoms with E-state index < -0.39 is 6.10 Å². The minimum absolute atomic E-state index is 0.169. The van der Waals surface area contributed by atoms with Gasteiger partial charge >= 0.3 is 0 Å². The number of β-amino-alcohol motifs (C(OH)–C–C–N with tert-alkyl or cyclic N) is 1. The van der Waals surface area contributed by atoms with Crippen LogP contribution in [0.15, 0.2) is 54.6 Å². The second-order valence-corrected chi connectivity index (χ2v) is 7.52. The lowest BCUT2D eigenvalue weighted by Crippen LogP contribution is -2.47. The zero-order chi connectivity index (χ0) is 18.4. The Morgan fingerprint density at radius 1 is 1.12 bits per heavy atom. The van der Waals surface area contributed by atoms with E-state index >= 15 is 0 Å². The molecule has 0 radical (unpaired) electrons. The highest BCUT2D eigenvalue weighted by Crippen LogP contribution is 2.21. The lowest BCUT2D eigenvalue weighted by Gasteiger charge is -2.35. The molecule has 2 aromatic carbocycles. The summed E-state index contributed by atoms with van der Waals surface area (Å²) in [5.41, 5.74) is 8.43. The van der Waals surface area contributed by atoms with Crippen LogP contribution in [0.3, 0.4) is 0 Å². The molecule has 1 aliphatic heterocycles. The van der Waals surface area contributed by atoms with Crippen molar-refractivity contribution in [2.45, 2.75) is 37.8 Å². The van der Waals surface area contributed by atoms with Gasteiger partial charge in [-0.1, -0.05) is 42.5 Å². The van der Waals surface area contributed by atoms with Crippen molar-refractivity contribution in [2.24, 2.45) is 11.7 Å². The fraction of sp³-hybridized carbons (Fsp3) is 0.455. The van der Waals surface area contributed by atoms with Crippen molar-refractivity contribution < 1.29 is 9.50 Å². The van der Waals surface area contributed by atoms with Crippen molar-refractivity contribution in [3.63, 3.8) is 0 Å². The molecule has 26 heavy (non-hydrogen) atoms. The van der Waals surface area contributed by atoms with Crippen LogP contribution >= 0.6 is 0 Å². The highest BCUT2D eigenvalue weighted by Gasteiger charge is 2.24. The molecule has 3 unspecified atom stereocenters. The topological polar surface area (TPSA) is 49.5 Å². The van der Waals surface area contributed by atoms with Crippen LogP contribution in [-0.2, 0) is 12.8 Å². The van der Waals surface area contributed by atoms with E-state index in [0.717, 1.165) is 43.5 Å². The number of piperidine rings is 1. The Balaban J connectivity index is 1.49. The zero-order valence-corrected chi connectivity index (χ0v) is 15.2. The molecule has 3 nitrogen and oxygen atoms in total. The van der Waals surface area contributed by atoms with E-state index in [1.54, 1.807) is 12.1 Å². The third-order valence-electron chi connectivity index (χ3n) is 5.27. The average molecular weight is 356 g/mol. The molecule has 0 amide bonds. The summed E-state index contributed by atoms with van der Waals surface area (Å²) in [7, 11) is 0. The Bertz CT molecular complexity index is 679. The first-order valence-corrected chi connectivity index (χ1v) is 9.54. The van der Waals surface area contributed by atoms with Crippen molar-refractivity contribution in [2.75, 3.05) is 19.6 Å². The number of likely N-dealkylation sites (tertiary alicyclic amines) is 1. The number of nitrogens with two attached hydrogens (primary N) is 1. The van der Waals surface area contributed by atoms with Crippen molar-refractivity contribution in [1.82, 2.24) is 4.90 Å². The van der Waals surface area contributed by atoms with E-state index in [0.29, 0.717) is 18.9 Å². The molecule has 4 heteroatoms. The van der Waals surface area contributed by atoms with E-state index in [1.165, 1.54) is 6.07 Å². The Morgan fingerprint density at radius 2 is 1.88 bits per heavy atom. The van der Waals surface area contributed by atoms with E-state index in [2.05, 4.69) is 4.90 Å². The highest BCUT2D eigenvalue weighted by molar-refractivity contribution is 5.17. The van der Waals surface area contributed by atoms with E-state index in [1.807, 2.05) is 36.4 Å². The number of aliphatic hydroxyl groups excluding tert-OH is 1. The second kappa shape index (κ2) is 9.26. The van der Waals surface area contributed by atoms with Crippen LogP contribution in [0.4, 0.5) is 4.39 Å². The third kappa shape index (κ3) is 5.63. The van der Waals surface area contributed by atoms with Crippen molar-refractivity contribution in [3.8, 4) is 0 Å². The van der Waals surface area contributed by atoms with Crippen LogP contribution in [0.2, 0.25) is 0 Å². The van der Waals surface area contributed by atoms with E-state index in [-0.39, 0.29) is 11.9 Å². The molecule has 1 saturated heterocycles. The minimum atomic E-state index is -0.539. The maximum absolute atomic E-state index is 13.4. The maximum atomic E-state index is 13.4. The first-order valence-electron chi connectivity index (χ1n) is 9.54. The van der Waals surface area contributed by atoms with Gasteiger partial charge in [0.05, 0.1) is 6.10 Å². The smallest absolute Gasteiger partial charge is 0.123 e. The average Bonchev–Trinajstić information content (AvgIpc) is 2.63. The molecule has 3 N–H and O–H groups in total. The molecule has 140 valence electrons. The summed E-state index contributed by atoms with van der Waals surface area (Å²) in [5, 5.41) is 10.5. The molecule has 2 aromatic rings. The first kappa shape index (κ1) is 19.0. The third-order valence-corrected chi connectivity index (χ3v) is 5.27. The minimum Gasteiger partial charge on any atom is -0.390 e. The number of hydrogen-bond acceptors (Lipinski definition) is 3. The van der Waals surface area contributed by atoms with Crippen molar-refractivity contribution >= 4 is 0 Å². The zero-order valence-electron chi connectivity index (χ0n) is 15.2. The highest BCUT2D eigenvalue weighted by atomic mass is 19.1. The van der Waals surface area contributed by atoms with Crippen molar-refractivity contribution in [3.05, 3.63) is 71.5 Å². The maximum Gasteiger partial charge on any atom is 0.123 e. The van der Waals surface area contributed by atoms with Crippen LogP contribution in [0.25, 0.3) is 0 Å². The lowest BCUT2D eigenvalue weighted by molar-refractivity contribution is 0.0685. The summed E-state index contributed by atoms with van der Waals surface area (Å²) < 4.78 is 13.4. The molecule has 1 heterocycles. The quantitative estimate of drug-likeness (QED) is 0.802. The predicted molar refractivity (Wildman–Crippen MR) is 103 cm³/mol. The molecule has 0 spiro atoms. The van der Waals surface area contributed by atoms with E-state index in [4.69, 9.17) is 5.73 Å². The Labute approximate surface area is 155 Å². The fourth-order valence-corrected chi connectivity index (χ4v) is 3.90. The number of nitrogens with zero attached hydrogens (tertiary/aromatic N) is 1. The Kier molecular flexibility index (Phi) is 6.78. The summed E-state index contributed by atoms with van der Waals surface area (Å²) in [6, 6.07) is 16.7. The molecule has 1 aliphatic rings. The molecule has 3 atom stereocenters. The van der Waals surface area contributed by atoms with Gasteiger partial charge in [-0.2, -0.15) is 0 Å². The van der Waals surface area contributed by atoms with Gasteiger partial charge < -0.3 is 15.7 Å². The van der Waals surface area contributed by atoms with Gasteiger partial charge in [0, 0.05) is 19.1 Å². The normalized spacial score (nSPS) is 20.7. The largest absolute Gasteiger partial charge is 0.390 e. The van der Waals surface area contributed by atoms with Gasteiger partial charge in [0.15, 0.2) is 0 Å². The number of aliphatic hydroxyl groups is 1. The summed E-state index contributed by atoms with van der Waals surface area (Å²) >= 11 is 0. The van der Waals surface area contributed by atoms with Gasteiger partial charge in [-0.05, 0) is 61.4 Å². The summed E-state index contributed by atoms with van der Waals surface area (Å²) in [6.45, 7) is 2.54. The standard InChI is InChI=1S/C22H29FN2O/c23-20-10-4-8-18(13-20)12-19-9-5-11-25(15-19)16-22(26)21(24)14-17-6-2-1-3-7-17/h1-4,6-8,10,13,19,21-22,26H,5,9,11-12,14-16,24H2. The first-order chi connectivity index (χ1) is 12.6. The van der Waals surface area contributed by atoms with Crippen LogP contribution in [0.1, 0.15) is 24.0 Å². The summed E-state index contributed by atoms with van der Waals surface area (Å²) in [5.74, 6) is 0.334. The van der Waals surface area contributed by atoms with Gasteiger partial charge in [-0.25, -0.2) is 4.39 Å². The van der Waals surface area contributed by atoms with E-state index in [9.17, 15) is 9.50 Å². The molecule has 0 aromatic heterocycles. The van der Waals surface area contributed by atoms with Gasteiger partial charge in [0.2, 0.25) is 0 Å². The monoisotopic (exact) mass is 356 g/mol. The Morgan fingerprint density at radius 3 is 2.65 bits per heavy atom. The SMILES string of the molecule is NC(Cc1ccccc1)C(O)CN1CCCC(Cc2cccc(F)c2)C1. The Hall–Kier alpha value is -1.75. The number of rotatable bonds is 7. The molecule has 1 fully saturated rings. The number of benzene rings is 2. The van der Waals surface area contributed by atoms with Crippen LogP contribution in [0, 0.1) is 11.7 Å². The van der Waals surface area contributed by atoms with Crippen molar-refractivity contribution in [1.29, 1.82) is 0 Å². The fourth-order valence-electron chi connectivity index (χ4n) is 3.90. The molecule has 0 aliphatic carbocycles. The number of hydrogen-bond donors (Lipinski definition) is 2. The predicted octanol–water partition coefficient (Wildman–Crippen LogP) is 3.01. The second-order valence-electron chi connectivity index (χ2n) is 7.52. The van der Waals surface area contributed by atoms with Crippen LogP contribution < -0.4 is 5.73 Å². The van der Waals surface area contributed by atoms with Crippen LogP contribution in [0.5, 0.6) is 0 Å². The van der Waals surface area contributed by atoms with Gasteiger partial charge in [-0.15, -0.1) is 0 Å². The molecular formula is C22H29FN2O. The molecule has 0 saturated carbocycles. The number of halogens is 1. The molecule has 0 bridgehead atoms. The summed E-state index contributed by atoms with van der Waals surface area (Å²) in [6.07, 6.45) is 3.30. The van der Waals surface area contributed by atoms with Gasteiger partial charge in [0.1, 0.15) is 5.82 Å². The van der Waals surface area contributed by atoms with Crippen LogP contribution in [-0.4, -0.2) is 41.8 Å². The molecule has 3 rings (SSSR count). The molecular weight excluding hydrogens is 327 g/mol. The van der Waals surface area contributed by atoms with Gasteiger partial charge in [-0.3, -0.25) is 0 Å². The lowest BCUT2D eigenvalue weighted by atomic mass is 9.91.